The summed E-state index contributed by atoms with van der Waals surface area (Å²) >= 11 is 6.09. The Bertz CT molecular complexity index is 837. The highest BCUT2D eigenvalue weighted by Gasteiger charge is 2.26. The fourth-order valence-corrected chi connectivity index (χ4v) is 3.44. The van der Waals surface area contributed by atoms with E-state index in [1.54, 1.807) is 24.0 Å². The molecule has 1 aliphatic heterocycles. The van der Waals surface area contributed by atoms with Crippen LogP contribution in [0.1, 0.15) is 26.3 Å². The molecule has 5 nitrogen and oxygen atoms in total. The number of hydrogen-bond acceptors (Lipinski definition) is 4. The normalized spacial score (nSPS) is 15.1. The highest BCUT2D eigenvalue weighted by atomic mass is 35.5. The van der Waals surface area contributed by atoms with Crippen molar-refractivity contribution in [3.63, 3.8) is 0 Å². The van der Waals surface area contributed by atoms with Gasteiger partial charge in [0.05, 0.1) is 12.6 Å². The maximum atomic E-state index is 12.7. The van der Waals surface area contributed by atoms with Gasteiger partial charge >= 0.3 is 0 Å². The van der Waals surface area contributed by atoms with Gasteiger partial charge in [-0.2, -0.15) is 0 Å². The minimum atomic E-state index is -0.531. The highest BCUT2D eigenvalue weighted by molar-refractivity contribution is 6.30. The van der Waals surface area contributed by atoms with Gasteiger partial charge < -0.3 is 19.5 Å². The van der Waals surface area contributed by atoms with Gasteiger partial charge in [0.1, 0.15) is 12.7 Å². The predicted molar refractivity (Wildman–Crippen MR) is 105 cm³/mol. The lowest BCUT2D eigenvalue weighted by atomic mass is 10.0. The van der Waals surface area contributed by atoms with E-state index in [0.29, 0.717) is 30.5 Å². The Hall–Kier alpha value is -2.24. The standard InChI is InChI=1S/C21H24ClNO4/c1-13(2)27-14(3)21(25)23-7-8-26-20-17(12-23)9-16(11-19(20)24)15-5-4-6-18(22)10-15/h4-6,9-11,13-14,24H,7-8,12H2,1-3H3/t14-/m0/s1. The predicted octanol–water partition coefficient (Wildman–Crippen LogP) is 4.25. The average Bonchev–Trinajstić information content (AvgIpc) is 2.83. The molecule has 2 aromatic rings. The van der Waals surface area contributed by atoms with Gasteiger partial charge in [-0.05, 0) is 56.2 Å². The second kappa shape index (κ2) is 8.19. The third-order valence-corrected chi connectivity index (χ3v) is 4.64. The van der Waals surface area contributed by atoms with E-state index in [9.17, 15) is 9.90 Å². The molecule has 0 unspecified atom stereocenters. The Morgan fingerprint density at radius 1 is 1.22 bits per heavy atom. The number of rotatable bonds is 4. The molecule has 0 spiro atoms. The van der Waals surface area contributed by atoms with Crippen molar-refractivity contribution in [2.24, 2.45) is 0 Å². The summed E-state index contributed by atoms with van der Waals surface area (Å²) in [7, 11) is 0. The molecule has 144 valence electrons. The van der Waals surface area contributed by atoms with Crippen LogP contribution in [0.3, 0.4) is 0 Å². The van der Waals surface area contributed by atoms with Gasteiger partial charge in [0.2, 0.25) is 0 Å². The van der Waals surface area contributed by atoms with Gasteiger partial charge in [0.15, 0.2) is 11.5 Å². The number of hydrogen-bond donors (Lipinski definition) is 1. The quantitative estimate of drug-likeness (QED) is 0.849. The van der Waals surface area contributed by atoms with E-state index in [-0.39, 0.29) is 17.8 Å². The summed E-state index contributed by atoms with van der Waals surface area (Å²) in [6.07, 6.45) is -0.561. The first-order chi connectivity index (χ1) is 12.8. The Morgan fingerprint density at radius 3 is 2.70 bits per heavy atom. The number of halogens is 1. The summed E-state index contributed by atoms with van der Waals surface area (Å²) in [6.45, 7) is 6.67. The average molecular weight is 390 g/mol. The number of ether oxygens (including phenoxy) is 2. The van der Waals surface area contributed by atoms with Gasteiger partial charge in [-0.15, -0.1) is 0 Å². The Kier molecular flexibility index (Phi) is 5.92. The molecule has 27 heavy (non-hydrogen) atoms. The van der Waals surface area contributed by atoms with Crippen LogP contribution in [0.4, 0.5) is 0 Å². The Morgan fingerprint density at radius 2 is 2.00 bits per heavy atom. The van der Waals surface area contributed by atoms with E-state index in [1.165, 1.54) is 0 Å². The van der Waals surface area contributed by atoms with Gasteiger partial charge in [-0.3, -0.25) is 4.79 Å². The molecule has 2 aromatic carbocycles. The summed E-state index contributed by atoms with van der Waals surface area (Å²) in [5, 5.41) is 11.1. The Labute approximate surface area is 164 Å². The molecule has 1 heterocycles. The second-order valence-electron chi connectivity index (χ2n) is 6.93. The number of fused-ring (bicyclic) bond motifs is 1. The number of benzene rings is 2. The SMILES string of the molecule is CC(C)O[C@@H](C)C(=O)N1CCOc2c(O)cc(-c3cccc(Cl)c3)cc2C1. The largest absolute Gasteiger partial charge is 0.504 e. The maximum absolute atomic E-state index is 12.7. The van der Waals surface area contributed by atoms with Gasteiger partial charge in [-0.1, -0.05) is 23.7 Å². The van der Waals surface area contributed by atoms with Crippen LogP contribution in [0.5, 0.6) is 11.5 Å². The van der Waals surface area contributed by atoms with Gasteiger partial charge in [0, 0.05) is 17.1 Å². The van der Waals surface area contributed by atoms with Crippen molar-refractivity contribution in [1.29, 1.82) is 0 Å². The summed E-state index contributed by atoms with van der Waals surface area (Å²) in [4.78, 5) is 14.5. The van der Waals surface area contributed by atoms with Crippen molar-refractivity contribution < 1.29 is 19.4 Å². The molecule has 0 radical (unpaired) electrons. The van der Waals surface area contributed by atoms with Crippen molar-refractivity contribution in [2.75, 3.05) is 13.2 Å². The second-order valence-corrected chi connectivity index (χ2v) is 7.37. The van der Waals surface area contributed by atoms with E-state index >= 15 is 0 Å². The smallest absolute Gasteiger partial charge is 0.251 e. The molecule has 0 bridgehead atoms. The van der Waals surface area contributed by atoms with Gasteiger partial charge in [0.25, 0.3) is 5.91 Å². The molecule has 0 saturated carbocycles. The topological polar surface area (TPSA) is 59.0 Å². The van der Waals surface area contributed by atoms with Crippen molar-refractivity contribution in [3.8, 4) is 22.6 Å². The number of nitrogens with zero attached hydrogens (tertiary/aromatic N) is 1. The third-order valence-electron chi connectivity index (χ3n) is 4.41. The molecular weight excluding hydrogens is 366 g/mol. The van der Waals surface area contributed by atoms with Gasteiger partial charge in [-0.25, -0.2) is 0 Å². The lowest BCUT2D eigenvalue weighted by molar-refractivity contribution is -0.145. The lowest BCUT2D eigenvalue weighted by Gasteiger charge is -2.25. The number of aromatic hydroxyl groups is 1. The molecule has 1 amide bonds. The molecule has 1 atom stereocenters. The minimum Gasteiger partial charge on any atom is -0.504 e. The van der Waals surface area contributed by atoms with E-state index < -0.39 is 6.10 Å². The fraction of sp³-hybridized carbons (Fsp3) is 0.381. The Balaban J connectivity index is 1.91. The monoisotopic (exact) mass is 389 g/mol. The summed E-state index contributed by atoms with van der Waals surface area (Å²) in [5.74, 6) is 0.393. The highest BCUT2D eigenvalue weighted by Crippen LogP contribution is 2.38. The number of carbonyl (C=O) groups is 1. The van der Waals surface area contributed by atoms with Crippen molar-refractivity contribution >= 4 is 17.5 Å². The molecule has 0 saturated heterocycles. The summed E-state index contributed by atoms with van der Waals surface area (Å²) in [5.41, 5.74) is 2.46. The zero-order valence-electron chi connectivity index (χ0n) is 15.7. The molecule has 1 N–H and O–H groups in total. The van der Waals surface area contributed by atoms with Crippen molar-refractivity contribution in [3.05, 3.63) is 47.0 Å². The number of carbonyl (C=O) groups excluding carboxylic acids is 1. The first kappa shape index (κ1) is 19.5. The van der Waals surface area contributed by atoms with Crippen molar-refractivity contribution in [1.82, 2.24) is 4.90 Å². The molecule has 0 fully saturated rings. The van der Waals surface area contributed by atoms with Crippen LogP contribution in [0.15, 0.2) is 36.4 Å². The van der Waals surface area contributed by atoms with E-state index in [0.717, 1.165) is 16.7 Å². The van der Waals surface area contributed by atoms with Crippen LogP contribution in [0, 0.1) is 0 Å². The maximum Gasteiger partial charge on any atom is 0.251 e. The number of phenolic OH excluding ortho intramolecular Hbond substituents is 1. The first-order valence-corrected chi connectivity index (χ1v) is 9.42. The van der Waals surface area contributed by atoms with E-state index in [1.807, 2.05) is 38.1 Å². The van der Waals surface area contributed by atoms with Crippen LogP contribution in [-0.4, -0.2) is 41.3 Å². The minimum absolute atomic E-state index is 0.0297. The number of amides is 1. The van der Waals surface area contributed by atoms with E-state index in [2.05, 4.69) is 0 Å². The van der Waals surface area contributed by atoms with Crippen LogP contribution in [-0.2, 0) is 16.1 Å². The molecule has 0 aliphatic carbocycles. The zero-order chi connectivity index (χ0) is 19.6. The molecule has 6 heteroatoms. The van der Waals surface area contributed by atoms with E-state index in [4.69, 9.17) is 21.1 Å². The third kappa shape index (κ3) is 4.54. The zero-order valence-corrected chi connectivity index (χ0v) is 16.5. The van der Waals surface area contributed by atoms with Crippen LogP contribution in [0.25, 0.3) is 11.1 Å². The summed E-state index contributed by atoms with van der Waals surface area (Å²) in [6, 6.07) is 11.0. The number of phenols is 1. The molecule has 1 aliphatic rings. The first-order valence-electron chi connectivity index (χ1n) is 9.04. The summed E-state index contributed by atoms with van der Waals surface area (Å²) < 4.78 is 11.4. The van der Waals surface area contributed by atoms with Crippen LogP contribution >= 0.6 is 11.6 Å². The molecule has 3 rings (SSSR count). The lowest BCUT2D eigenvalue weighted by Crippen LogP contribution is -2.40. The fourth-order valence-electron chi connectivity index (χ4n) is 3.25. The van der Waals surface area contributed by atoms with Crippen LogP contribution < -0.4 is 4.74 Å². The molecule has 0 aromatic heterocycles. The molecular formula is C21H24ClNO4. The van der Waals surface area contributed by atoms with Crippen LogP contribution in [0.2, 0.25) is 5.02 Å². The van der Waals surface area contributed by atoms with Crippen molar-refractivity contribution in [2.45, 2.75) is 39.5 Å².